The normalized spacial score (nSPS) is 15.7. The lowest BCUT2D eigenvalue weighted by Gasteiger charge is -2.26. The maximum Gasteiger partial charge on any atom is 0.315 e. The van der Waals surface area contributed by atoms with Crippen LogP contribution < -0.4 is 10.6 Å². The maximum atomic E-state index is 11.8. The summed E-state index contributed by atoms with van der Waals surface area (Å²) in [6, 6.07) is 10.0. The molecule has 0 unspecified atom stereocenters. The van der Waals surface area contributed by atoms with Crippen molar-refractivity contribution in [2.24, 2.45) is 0 Å². The Morgan fingerprint density at radius 1 is 1.22 bits per heavy atom. The van der Waals surface area contributed by atoms with Gasteiger partial charge in [-0.2, -0.15) is 0 Å². The monoisotopic (exact) mass is 316 g/mol. The molecule has 1 aromatic heterocycles. The number of H-pyrrole nitrogens is 1. The summed E-state index contributed by atoms with van der Waals surface area (Å²) >= 11 is 0. The Labute approximate surface area is 136 Å². The number of morpholine rings is 1. The number of aromatic amines is 1. The van der Waals surface area contributed by atoms with Gasteiger partial charge in [0.15, 0.2) is 0 Å². The third-order valence-electron chi connectivity index (χ3n) is 4.07. The summed E-state index contributed by atoms with van der Waals surface area (Å²) in [6.07, 6.45) is 0.958. The van der Waals surface area contributed by atoms with Crippen molar-refractivity contribution in [3.05, 3.63) is 36.0 Å². The fraction of sp³-hybridized carbons (Fsp3) is 0.471. The van der Waals surface area contributed by atoms with Crippen LogP contribution in [0.25, 0.3) is 10.9 Å². The SMILES string of the molecule is O=C(NCCCN1CCOCC1)NCc1cc2ccccc2[nH]1. The number of carbonyl (C=O) groups excluding carboxylic acids is 1. The number of nitrogens with one attached hydrogen (secondary N) is 3. The second-order valence-corrected chi connectivity index (χ2v) is 5.80. The number of aromatic nitrogens is 1. The number of hydrogen-bond donors (Lipinski definition) is 3. The molecule has 1 aliphatic rings. The predicted molar refractivity (Wildman–Crippen MR) is 90.4 cm³/mol. The molecule has 0 spiro atoms. The lowest BCUT2D eigenvalue weighted by atomic mass is 10.2. The van der Waals surface area contributed by atoms with E-state index in [0.29, 0.717) is 13.1 Å². The standard InChI is InChI=1S/C17H24N4O2/c22-17(18-6-3-7-21-8-10-23-11-9-21)19-13-15-12-14-4-1-2-5-16(14)20-15/h1-2,4-5,12,20H,3,6-11,13H2,(H2,18,19,22). The van der Waals surface area contributed by atoms with Crippen molar-refractivity contribution in [3.8, 4) is 0 Å². The molecule has 2 amide bonds. The van der Waals surface area contributed by atoms with Crippen LogP contribution in [0.15, 0.2) is 30.3 Å². The number of urea groups is 1. The average molecular weight is 316 g/mol. The number of ether oxygens (including phenoxy) is 1. The summed E-state index contributed by atoms with van der Waals surface area (Å²) in [5.74, 6) is 0. The Kier molecular flexibility index (Phi) is 5.50. The first-order valence-electron chi connectivity index (χ1n) is 8.20. The molecule has 124 valence electrons. The van der Waals surface area contributed by atoms with Crippen LogP contribution >= 0.6 is 0 Å². The van der Waals surface area contributed by atoms with Crippen LogP contribution in [-0.2, 0) is 11.3 Å². The smallest absolute Gasteiger partial charge is 0.315 e. The zero-order chi connectivity index (χ0) is 15.9. The molecule has 0 atom stereocenters. The highest BCUT2D eigenvalue weighted by molar-refractivity contribution is 5.80. The van der Waals surface area contributed by atoms with Crippen molar-refractivity contribution in [1.82, 2.24) is 20.5 Å². The number of fused-ring (bicyclic) bond motifs is 1. The number of carbonyl (C=O) groups is 1. The largest absolute Gasteiger partial charge is 0.379 e. The van der Waals surface area contributed by atoms with Crippen LogP contribution in [-0.4, -0.2) is 55.3 Å². The Hall–Kier alpha value is -2.05. The molecule has 2 heterocycles. The summed E-state index contributed by atoms with van der Waals surface area (Å²) in [4.78, 5) is 17.5. The number of hydrogen-bond acceptors (Lipinski definition) is 3. The second kappa shape index (κ2) is 7.99. The van der Waals surface area contributed by atoms with E-state index in [1.165, 1.54) is 0 Å². The summed E-state index contributed by atoms with van der Waals surface area (Å²) in [5.41, 5.74) is 2.10. The highest BCUT2D eigenvalue weighted by Gasteiger charge is 2.09. The third kappa shape index (κ3) is 4.71. The quantitative estimate of drug-likeness (QED) is 0.710. The molecule has 0 aliphatic carbocycles. The van der Waals surface area contributed by atoms with E-state index in [9.17, 15) is 4.79 Å². The number of amides is 2. The van der Waals surface area contributed by atoms with Gasteiger partial charge in [0.05, 0.1) is 19.8 Å². The number of rotatable bonds is 6. The van der Waals surface area contributed by atoms with Crippen molar-refractivity contribution in [2.45, 2.75) is 13.0 Å². The van der Waals surface area contributed by atoms with E-state index in [0.717, 1.165) is 55.9 Å². The van der Waals surface area contributed by atoms with Gasteiger partial charge in [-0.3, -0.25) is 4.90 Å². The average Bonchev–Trinajstić information content (AvgIpc) is 3.01. The topological polar surface area (TPSA) is 69.4 Å². The van der Waals surface area contributed by atoms with Crippen molar-refractivity contribution in [1.29, 1.82) is 0 Å². The Bertz CT molecular complexity index is 601. The van der Waals surface area contributed by atoms with E-state index in [2.05, 4.69) is 32.7 Å². The first-order chi connectivity index (χ1) is 11.3. The van der Waals surface area contributed by atoms with Crippen LogP contribution in [0.1, 0.15) is 12.1 Å². The van der Waals surface area contributed by atoms with E-state index < -0.39 is 0 Å². The predicted octanol–water partition coefficient (Wildman–Crippen LogP) is 1.69. The van der Waals surface area contributed by atoms with Gasteiger partial charge in [0.25, 0.3) is 0 Å². The maximum absolute atomic E-state index is 11.8. The number of benzene rings is 1. The van der Waals surface area contributed by atoms with E-state index in [4.69, 9.17) is 4.74 Å². The minimum absolute atomic E-state index is 0.120. The lowest BCUT2D eigenvalue weighted by Crippen LogP contribution is -2.39. The molecule has 0 bridgehead atoms. The fourth-order valence-electron chi connectivity index (χ4n) is 2.80. The second-order valence-electron chi connectivity index (χ2n) is 5.80. The van der Waals surface area contributed by atoms with Crippen LogP contribution in [0, 0.1) is 0 Å². The number of para-hydroxylation sites is 1. The van der Waals surface area contributed by atoms with E-state index in [-0.39, 0.29) is 6.03 Å². The van der Waals surface area contributed by atoms with Gasteiger partial charge in [-0.05, 0) is 30.5 Å². The minimum atomic E-state index is -0.120. The first kappa shape index (κ1) is 15.8. The van der Waals surface area contributed by atoms with E-state index in [1.807, 2.05) is 18.2 Å². The van der Waals surface area contributed by atoms with Crippen LogP contribution in [0.5, 0.6) is 0 Å². The Balaban J connectivity index is 1.33. The van der Waals surface area contributed by atoms with Gasteiger partial charge in [-0.15, -0.1) is 0 Å². The highest BCUT2D eigenvalue weighted by Crippen LogP contribution is 2.14. The lowest BCUT2D eigenvalue weighted by molar-refractivity contribution is 0.0375. The minimum Gasteiger partial charge on any atom is -0.379 e. The van der Waals surface area contributed by atoms with Crippen molar-refractivity contribution in [2.75, 3.05) is 39.4 Å². The van der Waals surface area contributed by atoms with Gasteiger partial charge in [-0.25, -0.2) is 4.79 Å². The molecule has 6 nitrogen and oxygen atoms in total. The first-order valence-corrected chi connectivity index (χ1v) is 8.20. The zero-order valence-corrected chi connectivity index (χ0v) is 13.3. The van der Waals surface area contributed by atoms with Gasteiger partial charge in [-0.1, -0.05) is 18.2 Å². The van der Waals surface area contributed by atoms with Crippen LogP contribution in [0.4, 0.5) is 4.79 Å². The molecular weight excluding hydrogens is 292 g/mol. The van der Waals surface area contributed by atoms with Gasteiger partial charge in [0, 0.05) is 30.8 Å². The van der Waals surface area contributed by atoms with Crippen molar-refractivity contribution >= 4 is 16.9 Å². The molecule has 1 aliphatic heterocycles. The van der Waals surface area contributed by atoms with Crippen LogP contribution in [0.2, 0.25) is 0 Å². The summed E-state index contributed by atoms with van der Waals surface area (Å²) in [6.45, 7) is 5.82. The molecule has 6 heteroatoms. The molecule has 0 radical (unpaired) electrons. The molecule has 3 N–H and O–H groups in total. The fourth-order valence-corrected chi connectivity index (χ4v) is 2.80. The molecule has 1 aromatic carbocycles. The molecule has 2 aromatic rings. The summed E-state index contributed by atoms with van der Waals surface area (Å²) in [7, 11) is 0. The molecule has 0 saturated carbocycles. The van der Waals surface area contributed by atoms with Gasteiger partial charge < -0.3 is 20.4 Å². The molecule has 1 saturated heterocycles. The number of nitrogens with zero attached hydrogens (tertiary/aromatic N) is 1. The van der Waals surface area contributed by atoms with E-state index in [1.54, 1.807) is 0 Å². The zero-order valence-electron chi connectivity index (χ0n) is 13.3. The van der Waals surface area contributed by atoms with Gasteiger partial charge in [0.2, 0.25) is 0 Å². The van der Waals surface area contributed by atoms with E-state index >= 15 is 0 Å². The molecular formula is C17H24N4O2. The van der Waals surface area contributed by atoms with Gasteiger partial charge >= 0.3 is 6.03 Å². The highest BCUT2D eigenvalue weighted by atomic mass is 16.5. The molecule has 1 fully saturated rings. The van der Waals surface area contributed by atoms with Crippen LogP contribution in [0.3, 0.4) is 0 Å². The summed E-state index contributed by atoms with van der Waals surface area (Å²) < 4.78 is 5.32. The Morgan fingerprint density at radius 3 is 2.87 bits per heavy atom. The summed E-state index contributed by atoms with van der Waals surface area (Å²) in [5, 5.41) is 6.95. The van der Waals surface area contributed by atoms with Crippen molar-refractivity contribution in [3.63, 3.8) is 0 Å². The molecule has 23 heavy (non-hydrogen) atoms. The van der Waals surface area contributed by atoms with Crippen molar-refractivity contribution < 1.29 is 9.53 Å². The molecule has 3 rings (SSSR count). The Morgan fingerprint density at radius 2 is 2.04 bits per heavy atom. The van der Waals surface area contributed by atoms with Gasteiger partial charge in [0.1, 0.15) is 0 Å². The third-order valence-corrected chi connectivity index (χ3v) is 4.07.